The predicted octanol–water partition coefficient (Wildman–Crippen LogP) is 3.32. The lowest BCUT2D eigenvalue weighted by Crippen LogP contribution is -2.18. The van der Waals surface area contributed by atoms with Crippen molar-refractivity contribution in [2.24, 2.45) is 0 Å². The van der Waals surface area contributed by atoms with E-state index in [1.165, 1.54) is 6.07 Å². The minimum Gasteiger partial charge on any atom is -0.397 e. The molecule has 0 saturated heterocycles. The van der Waals surface area contributed by atoms with Gasteiger partial charge in [0.25, 0.3) is 0 Å². The average Bonchev–Trinajstić information content (AvgIpc) is 2.38. The molecule has 3 nitrogen and oxygen atoms in total. The van der Waals surface area contributed by atoms with Crippen molar-refractivity contribution in [1.29, 1.82) is 0 Å². The third-order valence-electron chi connectivity index (χ3n) is 2.91. The van der Waals surface area contributed by atoms with Crippen LogP contribution in [0.3, 0.4) is 0 Å². The topological polar surface area (TPSA) is 42.2 Å². The first kappa shape index (κ1) is 14.2. The van der Waals surface area contributed by atoms with Crippen LogP contribution in [0.25, 0.3) is 0 Å². The minimum absolute atomic E-state index is 0.103. The van der Waals surface area contributed by atoms with Gasteiger partial charge in [0.1, 0.15) is 0 Å². The fraction of sp³-hybridized carbons (Fsp3) is 0.214. The first-order valence-electron chi connectivity index (χ1n) is 5.94. The molecule has 106 valence electrons. The van der Waals surface area contributed by atoms with Crippen LogP contribution in [0.1, 0.15) is 11.1 Å². The molecule has 0 amide bonds. The summed E-state index contributed by atoms with van der Waals surface area (Å²) < 4.78 is 37.7. The molecular formula is C14H14F3N3. The maximum absolute atomic E-state index is 12.6. The first-order valence-corrected chi connectivity index (χ1v) is 5.94. The fourth-order valence-corrected chi connectivity index (χ4v) is 1.93. The number of anilines is 2. The first-order chi connectivity index (χ1) is 9.38. The summed E-state index contributed by atoms with van der Waals surface area (Å²) in [6, 6.07) is 7.07. The Morgan fingerprint density at radius 3 is 2.55 bits per heavy atom. The molecule has 0 aliphatic carbocycles. The number of benzene rings is 1. The van der Waals surface area contributed by atoms with Crippen LogP contribution in [0, 0.1) is 0 Å². The quantitative estimate of drug-likeness (QED) is 0.878. The Bertz CT molecular complexity index is 582. The Balaban J connectivity index is 2.21. The smallest absolute Gasteiger partial charge is 0.397 e. The number of nitrogen functional groups attached to an aromatic ring is 1. The summed E-state index contributed by atoms with van der Waals surface area (Å²) in [5.41, 5.74) is 6.59. The van der Waals surface area contributed by atoms with Crippen LogP contribution >= 0.6 is 0 Å². The van der Waals surface area contributed by atoms with Crippen molar-refractivity contribution >= 4 is 11.4 Å². The highest BCUT2D eigenvalue weighted by atomic mass is 19.4. The summed E-state index contributed by atoms with van der Waals surface area (Å²) >= 11 is 0. The molecule has 0 spiro atoms. The molecule has 1 aromatic carbocycles. The Kier molecular flexibility index (Phi) is 3.83. The van der Waals surface area contributed by atoms with Crippen molar-refractivity contribution in [3.63, 3.8) is 0 Å². The van der Waals surface area contributed by atoms with Gasteiger partial charge in [-0.15, -0.1) is 0 Å². The van der Waals surface area contributed by atoms with E-state index in [0.29, 0.717) is 12.2 Å². The Hall–Kier alpha value is -2.24. The van der Waals surface area contributed by atoms with Gasteiger partial charge < -0.3 is 10.6 Å². The SMILES string of the molecule is CN(Cc1cccnc1)c1ccc(C(F)(F)F)cc1N. The number of aromatic nitrogens is 1. The van der Waals surface area contributed by atoms with Crippen LogP contribution < -0.4 is 10.6 Å². The van der Waals surface area contributed by atoms with Crippen molar-refractivity contribution < 1.29 is 13.2 Å². The second-order valence-corrected chi connectivity index (χ2v) is 4.49. The third-order valence-corrected chi connectivity index (χ3v) is 2.91. The summed E-state index contributed by atoms with van der Waals surface area (Å²) in [6.45, 7) is 0.517. The molecule has 6 heteroatoms. The third kappa shape index (κ3) is 3.20. The highest BCUT2D eigenvalue weighted by molar-refractivity contribution is 5.68. The molecule has 0 aliphatic rings. The predicted molar refractivity (Wildman–Crippen MR) is 72.2 cm³/mol. The zero-order valence-corrected chi connectivity index (χ0v) is 10.9. The summed E-state index contributed by atoms with van der Waals surface area (Å²) in [7, 11) is 1.77. The number of hydrogen-bond donors (Lipinski definition) is 1. The van der Waals surface area contributed by atoms with Crippen molar-refractivity contribution in [1.82, 2.24) is 4.98 Å². The Labute approximate surface area is 114 Å². The second kappa shape index (κ2) is 5.40. The second-order valence-electron chi connectivity index (χ2n) is 4.49. The fourth-order valence-electron chi connectivity index (χ4n) is 1.93. The highest BCUT2D eigenvalue weighted by Gasteiger charge is 2.30. The van der Waals surface area contributed by atoms with Gasteiger partial charge in [-0.25, -0.2) is 0 Å². The Morgan fingerprint density at radius 1 is 1.25 bits per heavy atom. The zero-order chi connectivity index (χ0) is 14.8. The summed E-state index contributed by atoms with van der Waals surface area (Å²) in [4.78, 5) is 5.78. The van der Waals surface area contributed by atoms with Crippen LogP contribution in [-0.4, -0.2) is 12.0 Å². The normalized spacial score (nSPS) is 11.4. The minimum atomic E-state index is -4.38. The number of halogens is 3. The van der Waals surface area contributed by atoms with E-state index in [1.807, 2.05) is 6.07 Å². The van der Waals surface area contributed by atoms with Gasteiger partial charge in [-0.05, 0) is 29.8 Å². The number of rotatable bonds is 3. The molecule has 0 unspecified atom stereocenters. The number of hydrogen-bond acceptors (Lipinski definition) is 3. The zero-order valence-electron chi connectivity index (χ0n) is 10.9. The molecule has 2 aromatic rings. The summed E-state index contributed by atoms with van der Waals surface area (Å²) in [6.07, 6.45) is -1.01. The van der Waals surface area contributed by atoms with E-state index in [9.17, 15) is 13.2 Å². The largest absolute Gasteiger partial charge is 0.416 e. The standard InChI is InChI=1S/C14H14F3N3/c1-20(9-10-3-2-6-19-8-10)13-5-4-11(7-12(13)18)14(15,16)17/h2-8H,9,18H2,1H3. The van der Waals surface area contributed by atoms with Crippen molar-refractivity contribution in [3.8, 4) is 0 Å². The van der Waals surface area contributed by atoms with E-state index < -0.39 is 11.7 Å². The van der Waals surface area contributed by atoms with E-state index in [2.05, 4.69) is 4.98 Å². The van der Waals surface area contributed by atoms with Crippen molar-refractivity contribution in [2.75, 3.05) is 17.7 Å². The van der Waals surface area contributed by atoms with Crippen LogP contribution in [0.2, 0.25) is 0 Å². The lowest BCUT2D eigenvalue weighted by molar-refractivity contribution is -0.137. The molecule has 2 rings (SSSR count). The summed E-state index contributed by atoms with van der Waals surface area (Å²) in [5, 5.41) is 0. The van der Waals surface area contributed by atoms with E-state index in [1.54, 1.807) is 30.4 Å². The molecule has 0 fully saturated rings. The molecule has 0 bridgehead atoms. The van der Waals surface area contributed by atoms with E-state index in [0.717, 1.165) is 17.7 Å². The maximum atomic E-state index is 12.6. The van der Waals surface area contributed by atoms with E-state index in [4.69, 9.17) is 5.73 Å². The van der Waals surface area contributed by atoms with Gasteiger partial charge in [0, 0.05) is 26.0 Å². The van der Waals surface area contributed by atoms with Crippen molar-refractivity contribution in [2.45, 2.75) is 12.7 Å². The molecule has 2 N–H and O–H groups in total. The summed E-state index contributed by atoms with van der Waals surface area (Å²) in [5.74, 6) is 0. The molecular weight excluding hydrogens is 267 g/mol. The van der Waals surface area contributed by atoms with E-state index in [-0.39, 0.29) is 5.69 Å². The molecule has 0 atom stereocenters. The van der Waals surface area contributed by atoms with Crippen LogP contribution in [0.4, 0.5) is 24.5 Å². The van der Waals surface area contributed by atoms with Gasteiger partial charge in [-0.2, -0.15) is 13.2 Å². The van der Waals surface area contributed by atoms with Gasteiger partial charge in [0.2, 0.25) is 0 Å². The maximum Gasteiger partial charge on any atom is 0.416 e. The van der Waals surface area contributed by atoms with E-state index >= 15 is 0 Å². The van der Waals surface area contributed by atoms with Crippen LogP contribution in [-0.2, 0) is 12.7 Å². The molecule has 0 radical (unpaired) electrons. The lowest BCUT2D eigenvalue weighted by atomic mass is 10.1. The molecule has 0 saturated carbocycles. The number of nitrogens with zero attached hydrogens (tertiary/aromatic N) is 2. The molecule has 20 heavy (non-hydrogen) atoms. The molecule has 1 heterocycles. The van der Waals surface area contributed by atoms with Gasteiger partial charge in [0.05, 0.1) is 16.9 Å². The Morgan fingerprint density at radius 2 is 2.00 bits per heavy atom. The molecule has 0 aliphatic heterocycles. The lowest BCUT2D eigenvalue weighted by Gasteiger charge is -2.22. The van der Waals surface area contributed by atoms with Crippen LogP contribution in [0.15, 0.2) is 42.7 Å². The van der Waals surface area contributed by atoms with Gasteiger partial charge >= 0.3 is 6.18 Å². The molecule has 1 aromatic heterocycles. The number of nitrogens with two attached hydrogens (primary N) is 1. The number of pyridine rings is 1. The average molecular weight is 281 g/mol. The van der Waals surface area contributed by atoms with Crippen molar-refractivity contribution in [3.05, 3.63) is 53.9 Å². The van der Waals surface area contributed by atoms with Gasteiger partial charge in [-0.3, -0.25) is 4.98 Å². The van der Waals surface area contributed by atoms with Gasteiger partial charge in [-0.1, -0.05) is 6.07 Å². The van der Waals surface area contributed by atoms with Crippen LogP contribution in [0.5, 0.6) is 0 Å². The number of alkyl halides is 3. The highest BCUT2D eigenvalue weighted by Crippen LogP contribution is 2.34. The van der Waals surface area contributed by atoms with Gasteiger partial charge in [0.15, 0.2) is 0 Å². The monoisotopic (exact) mass is 281 g/mol.